The fourth-order valence-electron chi connectivity index (χ4n) is 2.71. The molecule has 0 aliphatic carbocycles. The van der Waals surface area contributed by atoms with Gasteiger partial charge in [-0.3, -0.25) is 0 Å². The number of sulfone groups is 1. The molecule has 2 aromatic rings. The molecule has 1 aromatic carbocycles. The Balaban J connectivity index is 2.05. The molecule has 0 spiro atoms. The first-order valence-corrected chi connectivity index (χ1v) is 8.55. The molecule has 5 nitrogen and oxygen atoms in total. The van der Waals surface area contributed by atoms with E-state index in [1.807, 2.05) is 36.2 Å². The summed E-state index contributed by atoms with van der Waals surface area (Å²) < 4.78 is 23.3. The minimum Gasteiger partial charge on any atom is -0.355 e. The summed E-state index contributed by atoms with van der Waals surface area (Å²) >= 11 is 0. The Hall–Kier alpha value is -2.13. The molecule has 3 rings (SSSR count). The molecule has 21 heavy (non-hydrogen) atoms. The SMILES string of the molecule is CN(c1nc2ccccc2cc1C#N)C1CCS(=O)(=O)C1. The Morgan fingerprint density at radius 2 is 2.14 bits per heavy atom. The first-order chi connectivity index (χ1) is 10.00. The number of nitrogens with zero attached hydrogens (tertiary/aromatic N) is 3. The molecule has 1 aromatic heterocycles. The molecule has 2 heterocycles. The number of fused-ring (bicyclic) bond motifs is 1. The fourth-order valence-corrected chi connectivity index (χ4v) is 4.49. The second-order valence-electron chi connectivity index (χ2n) is 5.33. The molecule has 1 aliphatic heterocycles. The normalized spacial score (nSPS) is 20.3. The lowest BCUT2D eigenvalue weighted by atomic mass is 10.1. The number of anilines is 1. The maximum Gasteiger partial charge on any atom is 0.152 e. The first kappa shape index (κ1) is 13.8. The second-order valence-corrected chi connectivity index (χ2v) is 7.56. The van der Waals surface area contributed by atoms with Crippen molar-refractivity contribution in [1.82, 2.24) is 4.98 Å². The standard InChI is InChI=1S/C15H15N3O2S/c1-18(13-6-7-21(19,20)10-13)15-12(9-16)8-11-4-2-3-5-14(11)17-15/h2-5,8,13H,6-7,10H2,1H3. The molecule has 6 heteroatoms. The van der Waals surface area contributed by atoms with Crippen LogP contribution in [0.1, 0.15) is 12.0 Å². The van der Waals surface area contributed by atoms with E-state index in [-0.39, 0.29) is 17.5 Å². The van der Waals surface area contributed by atoms with Crippen LogP contribution in [0.2, 0.25) is 0 Å². The van der Waals surface area contributed by atoms with Crippen LogP contribution < -0.4 is 4.90 Å². The first-order valence-electron chi connectivity index (χ1n) is 6.73. The summed E-state index contributed by atoms with van der Waals surface area (Å²) in [5.74, 6) is 0.888. The Bertz CT molecular complexity index is 840. The molecule has 1 aliphatic rings. The summed E-state index contributed by atoms with van der Waals surface area (Å²) in [6.45, 7) is 0. The van der Waals surface area contributed by atoms with Gasteiger partial charge in [0.25, 0.3) is 0 Å². The lowest BCUT2D eigenvalue weighted by Crippen LogP contribution is -2.33. The second kappa shape index (κ2) is 5.01. The van der Waals surface area contributed by atoms with Gasteiger partial charge in [-0.15, -0.1) is 0 Å². The van der Waals surface area contributed by atoms with Crippen molar-refractivity contribution in [2.75, 3.05) is 23.5 Å². The number of hydrogen-bond acceptors (Lipinski definition) is 5. The number of rotatable bonds is 2. The van der Waals surface area contributed by atoms with E-state index in [0.29, 0.717) is 17.8 Å². The zero-order valence-electron chi connectivity index (χ0n) is 11.7. The molecule has 0 amide bonds. The molecule has 1 fully saturated rings. The van der Waals surface area contributed by atoms with Crippen molar-refractivity contribution in [3.8, 4) is 6.07 Å². The zero-order valence-corrected chi connectivity index (χ0v) is 12.5. The number of nitriles is 1. The topological polar surface area (TPSA) is 74.1 Å². The van der Waals surface area contributed by atoms with E-state index in [1.54, 1.807) is 6.07 Å². The average Bonchev–Trinajstić information content (AvgIpc) is 2.85. The number of hydrogen-bond donors (Lipinski definition) is 0. The van der Waals surface area contributed by atoms with Gasteiger partial charge in [0.05, 0.1) is 22.6 Å². The van der Waals surface area contributed by atoms with Gasteiger partial charge in [0, 0.05) is 18.5 Å². The molecule has 1 atom stereocenters. The van der Waals surface area contributed by atoms with Gasteiger partial charge in [0.15, 0.2) is 9.84 Å². The van der Waals surface area contributed by atoms with Crippen molar-refractivity contribution in [2.24, 2.45) is 0 Å². The number of pyridine rings is 1. The third kappa shape index (κ3) is 2.57. The lowest BCUT2D eigenvalue weighted by molar-refractivity contribution is 0.600. The monoisotopic (exact) mass is 301 g/mol. The molecule has 0 radical (unpaired) electrons. The van der Waals surface area contributed by atoms with Gasteiger partial charge in [-0.1, -0.05) is 18.2 Å². The predicted molar refractivity (Wildman–Crippen MR) is 81.9 cm³/mol. The minimum absolute atomic E-state index is 0.115. The van der Waals surface area contributed by atoms with Gasteiger partial charge in [-0.2, -0.15) is 5.26 Å². The molecule has 0 saturated carbocycles. The maximum atomic E-state index is 11.6. The molecule has 1 unspecified atom stereocenters. The van der Waals surface area contributed by atoms with E-state index >= 15 is 0 Å². The summed E-state index contributed by atoms with van der Waals surface area (Å²) in [7, 11) is -1.15. The molecular formula is C15H15N3O2S. The van der Waals surface area contributed by atoms with E-state index in [4.69, 9.17) is 0 Å². The third-order valence-corrected chi connectivity index (χ3v) is 5.66. The highest BCUT2D eigenvalue weighted by Gasteiger charge is 2.32. The van der Waals surface area contributed by atoms with E-state index in [1.165, 1.54) is 0 Å². The van der Waals surface area contributed by atoms with Crippen LogP contribution in [-0.4, -0.2) is 38.0 Å². The molecule has 1 saturated heterocycles. The van der Waals surface area contributed by atoms with Crippen molar-refractivity contribution >= 4 is 26.6 Å². The van der Waals surface area contributed by atoms with Crippen molar-refractivity contribution in [2.45, 2.75) is 12.5 Å². The van der Waals surface area contributed by atoms with Crippen LogP contribution in [0.25, 0.3) is 10.9 Å². The van der Waals surface area contributed by atoms with Crippen LogP contribution in [0.5, 0.6) is 0 Å². The van der Waals surface area contributed by atoms with Crippen LogP contribution in [0.3, 0.4) is 0 Å². The van der Waals surface area contributed by atoms with Gasteiger partial charge in [-0.25, -0.2) is 13.4 Å². The lowest BCUT2D eigenvalue weighted by Gasteiger charge is -2.25. The Labute approximate surface area is 123 Å². The molecule has 0 bridgehead atoms. The Morgan fingerprint density at radius 3 is 2.81 bits per heavy atom. The van der Waals surface area contributed by atoms with Crippen molar-refractivity contribution in [1.29, 1.82) is 5.26 Å². The Morgan fingerprint density at radius 1 is 1.38 bits per heavy atom. The highest BCUT2D eigenvalue weighted by Crippen LogP contribution is 2.27. The van der Waals surface area contributed by atoms with E-state index in [0.717, 1.165) is 10.9 Å². The summed E-state index contributed by atoms with van der Waals surface area (Å²) in [4.78, 5) is 6.38. The molecule has 0 N–H and O–H groups in total. The van der Waals surface area contributed by atoms with Gasteiger partial charge in [-0.05, 0) is 18.6 Å². The third-order valence-electron chi connectivity index (χ3n) is 3.91. The van der Waals surface area contributed by atoms with Crippen LogP contribution >= 0.6 is 0 Å². The van der Waals surface area contributed by atoms with Crippen molar-refractivity contribution in [3.05, 3.63) is 35.9 Å². The van der Waals surface area contributed by atoms with Crippen LogP contribution in [-0.2, 0) is 9.84 Å². The zero-order chi connectivity index (χ0) is 15.0. The molecular weight excluding hydrogens is 286 g/mol. The van der Waals surface area contributed by atoms with Gasteiger partial charge < -0.3 is 4.90 Å². The maximum absolute atomic E-state index is 11.6. The summed E-state index contributed by atoms with van der Waals surface area (Å²) in [6.07, 6.45) is 0.582. The summed E-state index contributed by atoms with van der Waals surface area (Å²) in [5, 5.41) is 10.2. The van der Waals surface area contributed by atoms with Crippen LogP contribution in [0.4, 0.5) is 5.82 Å². The van der Waals surface area contributed by atoms with Crippen LogP contribution in [0.15, 0.2) is 30.3 Å². The highest BCUT2D eigenvalue weighted by atomic mass is 32.2. The number of para-hydroxylation sites is 1. The average molecular weight is 301 g/mol. The van der Waals surface area contributed by atoms with Gasteiger partial charge in [0.2, 0.25) is 0 Å². The fraction of sp³-hybridized carbons (Fsp3) is 0.333. The van der Waals surface area contributed by atoms with Crippen LogP contribution in [0, 0.1) is 11.3 Å². The molecule has 108 valence electrons. The quantitative estimate of drug-likeness (QED) is 0.844. The summed E-state index contributed by atoms with van der Waals surface area (Å²) in [6, 6.07) is 11.4. The Kier molecular flexibility index (Phi) is 3.30. The van der Waals surface area contributed by atoms with Crippen molar-refractivity contribution < 1.29 is 8.42 Å². The van der Waals surface area contributed by atoms with E-state index in [2.05, 4.69) is 11.1 Å². The number of aromatic nitrogens is 1. The van der Waals surface area contributed by atoms with Gasteiger partial charge >= 0.3 is 0 Å². The predicted octanol–water partition coefficient (Wildman–Crippen LogP) is 1.73. The minimum atomic E-state index is -2.96. The summed E-state index contributed by atoms with van der Waals surface area (Å²) in [5.41, 5.74) is 1.28. The van der Waals surface area contributed by atoms with E-state index in [9.17, 15) is 13.7 Å². The smallest absolute Gasteiger partial charge is 0.152 e. The highest BCUT2D eigenvalue weighted by molar-refractivity contribution is 7.91. The van der Waals surface area contributed by atoms with E-state index < -0.39 is 9.84 Å². The largest absolute Gasteiger partial charge is 0.355 e. The van der Waals surface area contributed by atoms with Gasteiger partial charge in [0.1, 0.15) is 11.9 Å². The number of benzene rings is 1. The van der Waals surface area contributed by atoms with Crippen molar-refractivity contribution in [3.63, 3.8) is 0 Å².